The topological polar surface area (TPSA) is 55.4 Å². The van der Waals surface area contributed by atoms with Gasteiger partial charge in [-0.3, -0.25) is 4.79 Å². The van der Waals surface area contributed by atoms with Crippen LogP contribution in [0.25, 0.3) is 12.2 Å². The first-order valence-corrected chi connectivity index (χ1v) is 8.65. The Labute approximate surface area is 154 Å². The Balaban J connectivity index is 1.53. The lowest BCUT2D eigenvalue weighted by atomic mass is 10.2. The number of unbranched alkanes of at least 4 members (excludes halogenated alkanes) is 1. The van der Waals surface area contributed by atoms with E-state index in [1.165, 1.54) is 12.2 Å². The average Bonchev–Trinajstić information content (AvgIpc) is 2.69. The van der Waals surface area contributed by atoms with Crippen LogP contribution in [-0.4, -0.2) is 25.0 Å². The van der Waals surface area contributed by atoms with E-state index in [4.69, 9.17) is 4.74 Å². The number of benzene rings is 2. The van der Waals surface area contributed by atoms with Crippen molar-refractivity contribution < 1.29 is 14.3 Å². The molecule has 0 atom stereocenters. The number of amides is 1. The summed E-state index contributed by atoms with van der Waals surface area (Å²) in [5.74, 6) is -0.486. The van der Waals surface area contributed by atoms with Gasteiger partial charge >= 0.3 is 5.97 Å². The van der Waals surface area contributed by atoms with Crippen molar-refractivity contribution in [3.8, 4) is 0 Å². The van der Waals surface area contributed by atoms with Crippen LogP contribution in [0, 0.1) is 0 Å². The molecule has 0 aliphatic heterocycles. The Bertz CT molecular complexity index is 671. The minimum absolute atomic E-state index is 0.128. The zero-order valence-corrected chi connectivity index (χ0v) is 14.6. The van der Waals surface area contributed by atoms with Gasteiger partial charge in [-0.05, 0) is 36.1 Å². The lowest BCUT2D eigenvalue weighted by Gasteiger charge is -2.03. The van der Waals surface area contributed by atoms with Gasteiger partial charge in [0.05, 0.1) is 6.61 Å². The minimum atomic E-state index is -0.358. The van der Waals surface area contributed by atoms with Crippen LogP contribution in [0.5, 0.6) is 0 Å². The second-order valence-corrected chi connectivity index (χ2v) is 5.65. The third-order valence-electron chi connectivity index (χ3n) is 3.55. The van der Waals surface area contributed by atoms with E-state index in [1.807, 2.05) is 60.7 Å². The lowest BCUT2D eigenvalue weighted by Crippen LogP contribution is -2.22. The molecule has 0 radical (unpaired) electrons. The third-order valence-corrected chi connectivity index (χ3v) is 3.55. The van der Waals surface area contributed by atoms with Crippen molar-refractivity contribution in [2.45, 2.75) is 12.8 Å². The van der Waals surface area contributed by atoms with Gasteiger partial charge in [0, 0.05) is 18.7 Å². The van der Waals surface area contributed by atoms with Crippen LogP contribution in [0.15, 0.2) is 72.8 Å². The van der Waals surface area contributed by atoms with Gasteiger partial charge in [0.2, 0.25) is 5.91 Å². The highest BCUT2D eigenvalue weighted by Gasteiger charge is 1.98. The van der Waals surface area contributed by atoms with Crippen LogP contribution in [0.3, 0.4) is 0 Å². The van der Waals surface area contributed by atoms with Crippen molar-refractivity contribution >= 4 is 24.0 Å². The highest BCUT2D eigenvalue weighted by molar-refractivity contribution is 5.91. The lowest BCUT2D eigenvalue weighted by molar-refractivity contribution is -0.137. The van der Waals surface area contributed by atoms with E-state index in [1.54, 1.807) is 12.2 Å². The summed E-state index contributed by atoms with van der Waals surface area (Å²) >= 11 is 0. The molecule has 0 spiro atoms. The van der Waals surface area contributed by atoms with E-state index in [0.717, 1.165) is 17.5 Å². The van der Waals surface area contributed by atoms with Gasteiger partial charge in [-0.2, -0.15) is 0 Å². The van der Waals surface area contributed by atoms with E-state index >= 15 is 0 Å². The molecule has 0 unspecified atom stereocenters. The molecule has 0 bridgehead atoms. The molecule has 0 saturated heterocycles. The van der Waals surface area contributed by atoms with Crippen molar-refractivity contribution in [1.29, 1.82) is 0 Å². The molecule has 4 heteroatoms. The molecule has 1 N–H and O–H groups in total. The van der Waals surface area contributed by atoms with Gasteiger partial charge < -0.3 is 10.1 Å². The molecule has 0 aliphatic rings. The molecule has 2 aromatic carbocycles. The highest BCUT2D eigenvalue weighted by Crippen LogP contribution is 2.02. The van der Waals surface area contributed by atoms with Crippen molar-refractivity contribution in [3.63, 3.8) is 0 Å². The normalized spacial score (nSPS) is 10.9. The minimum Gasteiger partial charge on any atom is -0.463 e. The number of hydrogen-bond acceptors (Lipinski definition) is 3. The molecular weight excluding hydrogens is 326 g/mol. The summed E-state index contributed by atoms with van der Waals surface area (Å²) in [6.45, 7) is 0.892. The van der Waals surface area contributed by atoms with Crippen LogP contribution in [-0.2, 0) is 14.3 Å². The van der Waals surface area contributed by atoms with Crippen LogP contribution in [0.2, 0.25) is 0 Å². The molecule has 0 heterocycles. The average molecular weight is 349 g/mol. The van der Waals surface area contributed by atoms with E-state index < -0.39 is 0 Å². The molecule has 26 heavy (non-hydrogen) atoms. The zero-order chi connectivity index (χ0) is 18.5. The Kier molecular flexibility index (Phi) is 8.43. The van der Waals surface area contributed by atoms with Crippen LogP contribution < -0.4 is 5.32 Å². The fourth-order valence-electron chi connectivity index (χ4n) is 2.18. The molecule has 134 valence electrons. The highest BCUT2D eigenvalue weighted by atomic mass is 16.5. The van der Waals surface area contributed by atoms with E-state index in [9.17, 15) is 9.59 Å². The zero-order valence-electron chi connectivity index (χ0n) is 14.6. The summed E-state index contributed by atoms with van der Waals surface area (Å²) in [4.78, 5) is 23.3. The van der Waals surface area contributed by atoms with Gasteiger partial charge in [-0.1, -0.05) is 60.7 Å². The SMILES string of the molecule is O=C(/C=C/c1ccccc1)NCCCCOC(=O)/C=C/c1ccccc1. The molecule has 0 saturated carbocycles. The second-order valence-electron chi connectivity index (χ2n) is 5.65. The van der Waals surface area contributed by atoms with Gasteiger partial charge in [-0.25, -0.2) is 4.79 Å². The smallest absolute Gasteiger partial charge is 0.330 e. The summed E-state index contributed by atoms with van der Waals surface area (Å²) in [5, 5.41) is 2.81. The maximum Gasteiger partial charge on any atom is 0.330 e. The van der Waals surface area contributed by atoms with Gasteiger partial charge in [0.15, 0.2) is 0 Å². The Morgan fingerprint density at radius 1 is 0.808 bits per heavy atom. The van der Waals surface area contributed by atoms with Crippen LogP contribution in [0.1, 0.15) is 24.0 Å². The summed E-state index contributed by atoms with van der Waals surface area (Å²) in [5.41, 5.74) is 1.94. The second kappa shape index (κ2) is 11.4. The standard InChI is InChI=1S/C22H23NO3/c24-21(15-13-19-9-3-1-4-10-19)23-17-7-8-18-26-22(25)16-14-20-11-5-2-6-12-20/h1-6,9-16H,7-8,17-18H2,(H,23,24)/b15-13+,16-14+. The quantitative estimate of drug-likeness (QED) is 0.425. The molecule has 0 fully saturated rings. The predicted octanol–water partition coefficient (Wildman–Crippen LogP) is 3.85. The maximum atomic E-state index is 11.7. The molecule has 1 amide bonds. The number of carbonyl (C=O) groups is 2. The largest absolute Gasteiger partial charge is 0.463 e. The Morgan fingerprint density at radius 3 is 2.00 bits per heavy atom. The molecule has 4 nitrogen and oxygen atoms in total. The van der Waals surface area contributed by atoms with Crippen LogP contribution >= 0.6 is 0 Å². The molecular formula is C22H23NO3. The summed E-state index contributed by atoms with van der Waals surface area (Å²) in [6, 6.07) is 19.2. The van der Waals surface area contributed by atoms with E-state index in [0.29, 0.717) is 19.6 Å². The Hall–Kier alpha value is -3.14. The molecule has 2 rings (SSSR count). The van der Waals surface area contributed by atoms with E-state index in [2.05, 4.69) is 5.32 Å². The number of rotatable bonds is 9. The summed E-state index contributed by atoms with van der Waals surface area (Å²) in [6.07, 6.45) is 7.89. The van der Waals surface area contributed by atoms with Crippen molar-refractivity contribution in [2.75, 3.05) is 13.2 Å². The molecule has 0 aromatic heterocycles. The first-order valence-electron chi connectivity index (χ1n) is 8.65. The van der Waals surface area contributed by atoms with Crippen molar-refractivity contribution in [2.24, 2.45) is 0 Å². The number of esters is 1. The number of carbonyl (C=O) groups excluding carboxylic acids is 2. The van der Waals surface area contributed by atoms with Gasteiger partial charge in [0.1, 0.15) is 0 Å². The predicted molar refractivity (Wildman–Crippen MR) is 104 cm³/mol. The van der Waals surface area contributed by atoms with Gasteiger partial charge in [0.25, 0.3) is 0 Å². The number of ether oxygens (including phenoxy) is 1. The van der Waals surface area contributed by atoms with E-state index in [-0.39, 0.29) is 11.9 Å². The monoisotopic (exact) mass is 349 g/mol. The summed E-state index contributed by atoms with van der Waals surface area (Å²) in [7, 11) is 0. The summed E-state index contributed by atoms with van der Waals surface area (Å²) < 4.78 is 5.12. The maximum absolute atomic E-state index is 11.7. The Morgan fingerprint density at radius 2 is 1.38 bits per heavy atom. The molecule has 2 aromatic rings. The fraction of sp³-hybridized carbons (Fsp3) is 0.182. The van der Waals surface area contributed by atoms with Crippen molar-refractivity contribution in [3.05, 3.63) is 83.9 Å². The number of nitrogens with one attached hydrogen (secondary N) is 1. The number of hydrogen-bond donors (Lipinski definition) is 1. The van der Waals surface area contributed by atoms with Crippen molar-refractivity contribution in [1.82, 2.24) is 5.32 Å². The first-order chi connectivity index (χ1) is 12.7. The van der Waals surface area contributed by atoms with Gasteiger partial charge in [-0.15, -0.1) is 0 Å². The fourth-order valence-corrected chi connectivity index (χ4v) is 2.18. The first kappa shape index (κ1) is 19.2. The molecule has 0 aliphatic carbocycles. The van der Waals surface area contributed by atoms with Crippen LogP contribution in [0.4, 0.5) is 0 Å². The third kappa shape index (κ3) is 8.11.